The number of carboxylic acid groups (broad SMARTS) is 1. The summed E-state index contributed by atoms with van der Waals surface area (Å²) in [6.07, 6.45) is 4.42. The van der Waals surface area contributed by atoms with Gasteiger partial charge >= 0.3 is 5.97 Å². The van der Waals surface area contributed by atoms with Crippen LogP contribution in [0.5, 0.6) is 0 Å². The summed E-state index contributed by atoms with van der Waals surface area (Å²) < 4.78 is 5.33. The Morgan fingerprint density at radius 2 is 1.82 bits per heavy atom. The van der Waals surface area contributed by atoms with Crippen molar-refractivity contribution in [2.24, 2.45) is 0 Å². The third-order valence-electron chi connectivity index (χ3n) is 2.68. The summed E-state index contributed by atoms with van der Waals surface area (Å²) >= 11 is 0. The number of anilines is 1. The Bertz CT molecular complexity index is 338. The minimum atomic E-state index is -1.01. The highest BCUT2D eigenvalue weighted by molar-refractivity contribution is 5.84. The molecule has 17 heavy (non-hydrogen) atoms. The molecule has 0 atom stereocenters. The van der Waals surface area contributed by atoms with Crippen LogP contribution in [0.15, 0.2) is 16.5 Å². The zero-order chi connectivity index (χ0) is 12.7. The van der Waals surface area contributed by atoms with E-state index in [2.05, 4.69) is 18.7 Å². The minimum Gasteiger partial charge on any atom is -0.475 e. The summed E-state index contributed by atoms with van der Waals surface area (Å²) in [5.41, 5.74) is 0. The maximum Gasteiger partial charge on any atom is 0.371 e. The van der Waals surface area contributed by atoms with Crippen LogP contribution in [0.25, 0.3) is 0 Å². The van der Waals surface area contributed by atoms with Crippen molar-refractivity contribution in [3.8, 4) is 0 Å². The molecule has 4 heteroatoms. The summed E-state index contributed by atoms with van der Waals surface area (Å²) in [5, 5.41) is 8.82. The molecule has 0 amide bonds. The molecule has 0 saturated carbocycles. The molecule has 0 aliphatic rings. The van der Waals surface area contributed by atoms with E-state index in [-0.39, 0.29) is 5.76 Å². The number of carbonyl (C=O) groups is 1. The second-order valence-electron chi connectivity index (χ2n) is 4.14. The van der Waals surface area contributed by atoms with Gasteiger partial charge in [-0.2, -0.15) is 0 Å². The molecule has 0 aromatic carbocycles. The van der Waals surface area contributed by atoms with Gasteiger partial charge in [0.1, 0.15) is 0 Å². The monoisotopic (exact) mass is 239 g/mol. The first-order valence-electron chi connectivity index (χ1n) is 6.27. The van der Waals surface area contributed by atoms with Crippen molar-refractivity contribution in [2.45, 2.75) is 39.5 Å². The van der Waals surface area contributed by atoms with Crippen LogP contribution in [0.1, 0.15) is 50.1 Å². The molecule has 0 fully saturated rings. The van der Waals surface area contributed by atoms with Crippen molar-refractivity contribution in [1.29, 1.82) is 0 Å². The molecule has 1 aromatic rings. The first kappa shape index (κ1) is 13.6. The molecule has 1 N–H and O–H groups in total. The van der Waals surface area contributed by atoms with E-state index < -0.39 is 5.97 Å². The summed E-state index contributed by atoms with van der Waals surface area (Å²) in [6, 6.07) is 3.26. The predicted molar refractivity (Wildman–Crippen MR) is 67.7 cm³/mol. The molecule has 1 heterocycles. The molecule has 0 saturated heterocycles. The molecule has 1 rings (SSSR count). The molecular formula is C13H21NO3. The molecule has 4 nitrogen and oxygen atoms in total. The maximum absolute atomic E-state index is 10.8. The topological polar surface area (TPSA) is 53.7 Å². The third kappa shape index (κ3) is 4.13. The van der Waals surface area contributed by atoms with Gasteiger partial charge in [0.2, 0.25) is 5.76 Å². The van der Waals surface area contributed by atoms with Crippen molar-refractivity contribution in [3.63, 3.8) is 0 Å². The van der Waals surface area contributed by atoms with Gasteiger partial charge in [-0.25, -0.2) is 4.79 Å². The second-order valence-corrected chi connectivity index (χ2v) is 4.14. The van der Waals surface area contributed by atoms with Gasteiger partial charge in [0, 0.05) is 19.2 Å². The van der Waals surface area contributed by atoms with E-state index in [9.17, 15) is 4.79 Å². The molecule has 0 aliphatic carbocycles. The Hall–Kier alpha value is -1.45. The number of unbranched alkanes of at least 4 members (excludes halogenated alkanes) is 2. The van der Waals surface area contributed by atoms with Crippen molar-refractivity contribution in [1.82, 2.24) is 0 Å². The van der Waals surface area contributed by atoms with Crippen molar-refractivity contribution in [2.75, 3.05) is 18.0 Å². The average Bonchev–Trinajstić information content (AvgIpc) is 2.79. The largest absolute Gasteiger partial charge is 0.475 e. The fraction of sp³-hybridized carbons (Fsp3) is 0.615. The summed E-state index contributed by atoms with van der Waals surface area (Å²) in [5.74, 6) is -0.329. The van der Waals surface area contributed by atoms with E-state index in [1.807, 2.05) is 0 Å². The lowest BCUT2D eigenvalue weighted by atomic mass is 10.2. The normalized spacial score (nSPS) is 10.5. The van der Waals surface area contributed by atoms with Gasteiger partial charge in [-0.1, -0.05) is 26.7 Å². The molecule has 96 valence electrons. The Kier molecular flexibility index (Phi) is 5.60. The van der Waals surface area contributed by atoms with Crippen molar-refractivity contribution in [3.05, 3.63) is 17.9 Å². The van der Waals surface area contributed by atoms with E-state index in [4.69, 9.17) is 9.52 Å². The number of hydrogen-bond acceptors (Lipinski definition) is 3. The maximum atomic E-state index is 10.8. The van der Waals surface area contributed by atoms with Gasteiger partial charge in [-0.15, -0.1) is 0 Å². The van der Waals surface area contributed by atoms with Crippen molar-refractivity contribution < 1.29 is 14.3 Å². The van der Waals surface area contributed by atoms with E-state index >= 15 is 0 Å². The number of rotatable bonds is 8. The Morgan fingerprint density at radius 3 is 2.24 bits per heavy atom. The van der Waals surface area contributed by atoms with Gasteiger partial charge in [-0.3, -0.25) is 0 Å². The van der Waals surface area contributed by atoms with E-state index in [0.29, 0.717) is 5.88 Å². The number of aromatic carboxylic acids is 1. The second kappa shape index (κ2) is 6.99. The SMILES string of the molecule is CCCCN(CCCC)c1ccc(C(=O)O)o1. The van der Waals surface area contributed by atoms with E-state index in [0.717, 1.165) is 38.8 Å². The van der Waals surface area contributed by atoms with Crippen molar-refractivity contribution >= 4 is 11.9 Å². The highest BCUT2D eigenvalue weighted by Gasteiger charge is 2.13. The molecule has 0 bridgehead atoms. The van der Waals surface area contributed by atoms with Crippen LogP contribution in [0.3, 0.4) is 0 Å². The lowest BCUT2D eigenvalue weighted by molar-refractivity contribution is 0.0663. The highest BCUT2D eigenvalue weighted by Crippen LogP contribution is 2.19. The number of hydrogen-bond donors (Lipinski definition) is 1. The lowest BCUT2D eigenvalue weighted by Crippen LogP contribution is -2.25. The Morgan fingerprint density at radius 1 is 1.24 bits per heavy atom. The fourth-order valence-corrected chi connectivity index (χ4v) is 1.64. The van der Waals surface area contributed by atoms with Crippen LogP contribution in [0.2, 0.25) is 0 Å². The third-order valence-corrected chi connectivity index (χ3v) is 2.68. The van der Waals surface area contributed by atoms with Crippen LogP contribution < -0.4 is 4.90 Å². The number of carboxylic acids is 1. The molecule has 1 aromatic heterocycles. The molecular weight excluding hydrogens is 218 g/mol. The van der Waals surface area contributed by atoms with E-state index in [1.165, 1.54) is 6.07 Å². The number of furan rings is 1. The van der Waals surface area contributed by atoms with Crippen LogP contribution in [-0.4, -0.2) is 24.2 Å². The van der Waals surface area contributed by atoms with Crippen LogP contribution >= 0.6 is 0 Å². The van der Waals surface area contributed by atoms with Gasteiger partial charge in [0.25, 0.3) is 0 Å². The predicted octanol–water partition coefficient (Wildman–Crippen LogP) is 3.38. The fourth-order valence-electron chi connectivity index (χ4n) is 1.64. The van der Waals surface area contributed by atoms with Gasteiger partial charge < -0.3 is 14.4 Å². The first-order valence-corrected chi connectivity index (χ1v) is 6.27. The molecule has 0 aliphatic heterocycles. The zero-order valence-corrected chi connectivity index (χ0v) is 10.6. The highest BCUT2D eigenvalue weighted by atomic mass is 16.4. The molecule has 0 radical (unpaired) electrons. The van der Waals surface area contributed by atoms with Crippen LogP contribution in [0.4, 0.5) is 5.88 Å². The van der Waals surface area contributed by atoms with E-state index in [1.54, 1.807) is 6.07 Å². The Balaban J connectivity index is 2.68. The summed E-state index contributed by atoms with van der Waals surface area (Å²) in [6.45, 7) is 6.12. The van der Waals surface area contributed by atoms with Gasteiger partial charge in [0.15, 0.2) is 5.88 Å². The van der Waals surface area contributed by atoms with Gasteiger partial charge in [-0.05, 0) is 18.9 Å². The Labute approximate surface area is 102 Å². The molecule has 0 spiro atoms. The first-order chi connectivity index (χ1) is 8.19. The minimum absolute atomic E-state index is 0.0120. The molecule has 0 unspecified atom stereocenters. The van der Waals surface area contributed by atoms with Gasteiger partial charge in [0.05, 0.1) is 0 Å². The smallest absolute Gasteiger partial charge is 0.371 e. The standard InChI is InChI=1S/C13H21NO3/c1-3-5-9-14(10-6-4-2)12-8-7-11(17-12)13(15)16/h7-8H,3-6,9-10H2,1-2H3,(H,15,16). The quantitative estimate of drug-likeness (QED) is 0.755. The summed E-state index contributed by atoms with van der Waals surface area (Å²) in [4.78, 5) is 12.9. The zero-order valence-electron chi connectivity index (χ0n) is 10.6. The average molecular weight is 239 g/mol. The van der Waals surface area contributed by atoms with Crippen LogP contribution in [-0.2, 0) is 0 Å². The number of nitrogens with zero attached hydrogens (tertiary/aromatic N) is 1. The lowest BCUT2D eigenvalue weighted by Gasteiger charge is -2.21. The summed E-state index contributed by atoms with van der Waals surface area (Å²) in [7, 11) is 0. The van der Waals surface area contributed by atoms with Crippen LogP contribution in [0, 0.1) is 0 Å².